The standard InChI is InChI=1S/C33H34N6O3/c1-23-9-5-6-10-25(23)21-38(31(40)22-39-30-12-8-7-11-29(30)35-36-39)32(24-13-19-28(42-4)20-14-24)33(41)34-26-15-17-27(18-16-26)37(2)3/h5-20,32H,21-22H2,1-4H3,(H,34,41)/t32-/m0/s1. The van der Waals surface area contributed by atoms with E-state index >= 15 is 0 Å². The lowest BCUT2D eigenvalue weighted by molar-refractivity contribution is -0.140. The number of methoxy groups -OCH3 is 1. The molecule has 0 saturated heterocycles. The van der Waals surface area contributed by atoms with E-state index in [0.717, 1.165) is 22.3 Å². The van der Waals surface area contributed by atoms with Gasteiger partial charge in [-0.25, -0.2) is 4.68 Å². The first-order valence-electron chi connectivity index (χ1n) is 13.7. The van der Waals surface area contributed by atoms with Crippen LogP contribution in [0, 0.1) is 6.92 Å². The molecule has 1 aromatic heterocycles. The van der Waals surface area contributed by atoms with Gasteiger partial charge in [-0.3, -0.25) is 9.59 Å². The van der Waals surface area contributed by atoms with Crippen LogP contribution in [0.4, 0.5) is 11.4 Å². The molecule has 5 aromatic rings. The summed E-state index contributed by atoms with van der Waals surface area (Å²) >= 11 is 0. The number of fused-ring (bicyclic) bond motifs is 1. The number of anilines is 2. The predicted octanol–water partition coefficient (Wildman–Crippen LogP) is 5.22. The summed E-state index contributed by atoms with van der Waals surface area (Å²) in [6.07, 6.45) is 0. The van der Waals surface area contributed by atoms with Gasteiger partial charge in [-0.2, -0.15) is 0 Å². The summed E-state index contributed by atoms with van der Waals surface area (Å²) in [5.41, 5.74) is 5.70. The number of carbonyl (C=O) groups is 2. The highest BCUT2D eigenvalue weighted by Gasteiger charge is 2.32. The zero-order valence-electron chi connectivity index (χ0n) is 24.2. The predicted molar refractivity (Wildman–Crippen MR) is 164 cm³/mol. The summed E-state index contributed by atoms with van der Waals surface area (Å²) in [7, 11) is 5.51. The van der Waals surface area contributed by atoms with Crippen LogP contribution in [0.25, 0.3) is 11.0 Å². The molecule has 0 saturated carbocycles. The summed E-state index contributed by atoms with van der Waals surface area (Å²) in [6, 6.07) is 29.2. The van der Waals surface area contributed by atoms with E-state index in [-0.39, 0.29) is 24.9 Å². The minimum atomic E-state index is -0.939. The number of carbonyl (C=O) groups excluding carboxylic acids is 2. The van der Waals surface area contributed by atoms with Gasteiger partial charge in [-0.1, -0.05) is 53.7 Å². The SMILES string of the molecule is COc1ccc([C@@H](C(=O)Nc2ccc(N(C)C)cc2)N(Cc2ccccc2C)C(=O)Cn2nnc3ccccc32)cc1. The van der Waals surface area contributed by atoms with Crippen LogP contribution in [0.2, 0.25) is 0 Å². The molecular formula is C33H34N6O3. The maximum atomic E-state index is 14.2. The van der Waals surface area contributed by atoms with Crippen molar-refractivity contribution in [3.8, 4) is 5.75 Å². The molecule has 2 amide bonds. The van der Waals surface area contributed by atoms with E-state index in [1.807, 2.05) is 111 Å². The first-order valence-corrected chi connectivity index (χ1v) is 13.7. The van der Waals surface area contributed by atoms with Crippen LogP contribution in [0.1, 0.15) is 22.7 Å². The number of para-hydroxylation sites is 1. The molecule has 9 heteroatoms. The van der Waals surface area contributed by atoms with E-state index in [0.29, 0.717) is 22.5 Å². The van der Waals surface area contributed by atoms with Crippen molar-refractivity contribution in [1.82, 2.24) is 19.9 Å². The van der Waals surface area contributed by atoms with Crippen LogP contribution >= 0.6 is 0 Å². The third kappa shape index (κ3) is 6.25. The van der Waals surface area contributed by atoms with Gasteiger partial charge in [0.05, 0.1) is 12.6 Å². The van der Waals surface area contributed by atoms with Crippen molar-refractivity contribution >= 4 is 34.2 Å². The molecule has 42 heavy (non-hydrogen) atoms. The lowest BCUT2D eigenvalue weighted by Crippen LogP contribution is -2.42. The van der Waals surface area contributed by atoms with Crippen LogP contribution in [0.3, 0.4) is 0 Å². The Morgan fingerprint density at radius 2 is 1.60 bits per heavy atom. The second kappa shape index (κ2) is 12.6. The summed E-state index contributed by atoms with van der Waals surface area (Å²) in [5, 5.41) is 11.5. The lowest BCUT2D eigenvalue weighted by Gasteiger charge is -2.32. The molecule has 0 bridgehead atoms. The van der Waals surface area contributed by atoms with Gasteiger partial charge in [0.25, 0.3) is 5.91 Å². The van der Waals surface area contributed by atoms with Gasteiger partial charge in [-0.15, -0.1) is 5.10 Å². The quantitative estimate of drug-likeness (QED) is 0.251. The Bertz CT molecular complexity index is 1680. The fraction of sp³-hybridized carbons (Fsp3) is 0.212. The molecule has 1 atom stereocenters. The van der Waals surface area contributed by atoms with Crippen LogP contribution < -0.4 is 15.0 Å². The summed E-state index contributed by atoms with van der Waals surface area (Å²) < 4.78 is 6.94. The van der Waals surface area contributed by atoms with Gasteiger partial charge in [0, 0.05) is 32.0 Å². The number of amides is 2. The topological polar surface area (TPSA) is 92.6 Å². The van der Waals surface area contributed by atoms with Crippen molar-refractivity contribution < 1.29 is 14.3 Å². The van der Waals surface area contributed by atoms with E-state index < -0.39 is 6.04 Å². The Labute approximate surface area is 245 Å². The minimum absolute atomic E-state index is 0.0795. The average molecular weight is 563 g/mol. The van der Waals surface area contributed by atoms with Crippen molar-refractivity contribution in [2.45, 2.75) is 26.1 Å². The number of nitrogens with zero attached hydrogens (tertiary/aromatic N) is 5. The Morgan fingerprint density at radius 1 is 0.905 bits per heavy atom. The lowest BCUT2D eigenvalue weighted by atomic mass is 10.0. The smallest absolute Gasteiger partial charge is 0.251 e. The Balaban J connectivity index is 1.55. The van der Waals surface area contributed by atoms with E-state index in [2.05, 4.69) is 15.6 Å². The maximum absolute atomic E-state index is 14.2. The number of ether oxygens (including phenoxy) is 1. The van der Waals surface area contributed by atoms with Crippen molar-refractivity contribution in [3.05, 3.63) is 114 Å². The van der Waals surface area contributed by atoms with Gasteiger partial charge < -0.3 is 19.9 Å². The van der Waals surface area contributed by atoms with Crippen LogP contribution in [0.15, 0.2) is 97.1 Å². The molecule has 0 aliphatic carbocycles. The van der Waals surface area contributed by atoms with Crippen molar-refractivity contribution in [3.63, 3.8) is 0 Å². The van der Waals surface area contributed by atoms with Gasteiger partial charge in [0.15, 0.2) is 0 Å². The van der Waals surface area contributed by atoms with E-state index in [1.54, 1.807) is 28.8 Å². The highest BCUT2D eigenvalue weighted by atomic mass is 16.5. The molecule has 0 unspecified atom stereocenters. The van der Waals surface area contributed by atoms with E-state index in [4.69, 9.17) is 4.74 Å². The molecule has 214 valence electrons. The first-order chi connectivity index (χ1) is 20.3. The molecule has 5 rings (SSSR count). The minimum Gasteiger partial charge on any atom is -0.497 e. The number of hydrogen-bond acceptors (Lipinski definition) is 6. The normalized spacial score (nSPS) is 11.6. The third-order valence-corrected chi connectivity index (χ3v) is 7.27. The molecule has 1 N–H and O–H groups in total. The third-order valence-electron chi connectivity index (χ3n) is 7.27. The average Bonchev–Trinajstić information content (AvgIpc) is 3.41. The number of nitrogens with one attached hydrogen (secondary N) is 1. The largest absolute Gasteiger partial charge is 0.497 e. The van der Waals surface area contributed by atoms with Crippen LogP contribution in [-0.2, 0) is 22.7 Å². The summed E-state index contributed by atoms with van der Waals surface area (Å²) in [6.45, 7) is 2.14. The van der Waals surface area contributed by atoms with Crippen molar-refractivity contribution in [2.75, 3.05) is 31.4 Å². The maximum Gasteiger partial charge on any atom is 0.251 e. The molecule has 9 nitrogen and oxygen atoms in total. The zero-order chi connectivity index (χ0) is 29.6. The molecule has 0 aliphatic heterocycles. The number of aromatic nitrogens is 3. The molecule has 0 radical (unpaired) electrons. The molecule has 0 spiro atoms. The highest BCUT2D eigenvalue weighted by Crippen LogP contribution is 2.29. The number of benzene rings is 4. The van der Waals surface area contributed by atoms with Gasteiger partial charge >= 0.3 is 0 Å². The van der Waals surface area contributed by atoms with Crippen molar-refractivity contribution in [1.29, 1.82) is 0 Å². The van der Waals surface area contributed by atoms with E-state index in [9.17, 15) is 9.59 Å². The zero-order valence-corrected chi connectivity index (χ0v) is 24.2. The van der Waals surface area contributed by atoms with Gasteiger partial charge in [0.2, 0.25) is 5.91 Å². The van der Waals surface area contributed by atoms with Gasteiger partial charge in [-0.05, 0) is 72.1 Å². The Hall–Kier alpha value is -5.18. The summed E-state index contributed by atoms with van der Waals surface area (Å²) in [5.74, 6) is 0.0547. The second-order valence-corrected chi connectivity index (χ2v) is 10.3. The second-order valence-electron chi connectivity index (χ2n) is 10.3. The fourth-order valence-corrected chi connectivity index (χ4v) is 4.86. The van der Waals surface area contributed by atoms with E-state index in [1.165, 1.54) is 0 Å². The molecular weight excluding hydrogens is 528 g/mol. The first kappa shape index (κ1) is 28.4. The number of aryl methyl sites for hydroxylation is 1. The fourth-order valence-electron chi connectivity index (χ4n) is 4.86. The number of rotatable bonds is 10. The van der Waals surface area contributed by atoms with Crippen molar-refractivity contribution in [2.24, 2.45) is 0 Å². The summed E-state index contributed by atoms with van der Waals surface area (Å²) in [4.78, 5) is 32.0. The van der Waals surface area contributed by atoms with Gasteiger partial charge in [0.1, 0.15) is 23.9 Å². The molecule has 1 heterocycles. The Morgan fingerprint density at radius 3 is 2.29 bits per heavy atom. The molecule has 0 fully saturated rings. The molecule has 4 aromatic carbocycles. The molecule has 0 aliphatic rings. The Kier molecular flexibility index (Phi) is 8.47. The highest BCUT2D eigenvalue weighted by molar-refractivity contribution is 5.98. The monoisotopic (exact) mass is 562 g/mol. The van der Waals surface area contributed by atoms with Crippen LogP contribution in [0.5, 0.6) is 5.75 Å². The number of hydrogen-bond donors (Lipinski definition) is 1. The van der Waals surface area contributed by atoms with Crippen LogP contribution in [-0.4, -0.2) is 52.9 Å².